The van der Waals surface area contributed by atoms with Gasteiger partial charge in [-0.05, 0) is 36.4 Å². The van der Waals surface area contributed by atoms with Gasteiger partial charge in [0.1, 0.15) is 18.0 Å². The fraction of sp³-hybridized carbons (Fsp3) is 0.278. The summed E-state index contributed by atoms with van der Waals surface area (Å²) in [7, 11) is -1.16. The summed E-state index contributed by atoms with van der Waals surface area (Å²) in [5.41, 5.74) is -0.694. The van der Waals surface area contributed by atoms with Crippen LogP contribution in [0.25, 0.3) is 0 Å². The van der Waals surface area contributed by atoms with Crippen LogP contribution in [-0.2, 0) is 21.0 Å². The van der Waals surface area contributed by atoms with Crippen molar-refractivity contribution in [2.24, 2.45) is 0 Å². The first kappa shape index (κ1) is 22.3. The Hall–Kier alpha value is -2.95. The van der Waals surface area contributed by atoms with Crippen LogP contribution < -0.4 is 19.1 Å². The molecule has 0 aliphatic heterocycles. The molecule has 0 unspecified atom stereocenters. The molecule has 7 nitrogen and oxygen atoms in total. The standard InChI is InChI=1S/C18H19F3N2O5S/c1-27-14-8-9-16(28-2)15(10-14)23(29(3,25)26)11-17(24)22-13-6-4-12(5-7-13)18(19,20)21/h4-10H,11H2,1-3H3,(H,22,24). The topological polar surface area (TPSA) is 84.9 Å². The Bertz CT molecular complexity index is 976. The van der Waals surface area contributed by atoms with Crippen LogP contribution in [0.15, 0.2) is 42.5 Å². The number of halogens is 3. The average Bonchev–Trinajstić information content (AvgIpc) is 2.64. The Morgan fingerprint density at radius 2 is 1.69 bits per heavy atom. The maximum Gasteiger partial charge on any atom is 0.416 e. The highest BCUT2D eigenvalue weighted by atomic mass is 32.2. The molecular formula is C18H19F3N2O5S. The van der Waals surface area contributed by atoms with Crippen LogP contribution in [0.3, 0.4) is 0 Å². The van der Waals surface area contributed by atoms with Crippen molar-refractivity contribution in [3.05, 3.63) is 48.0 Å². The number of hydrogen-bond donors (Lipinski definition) is 1. The first-order valence-corrected chi connectivity index (χ1v) is 9.97. The highest BCUT2D eigenvalue weighted by Crippen LogP contribution is 2.34. The highest BCUT2D eigenvalue weighted by molar-refractivity contribution is 7.92. The van der Waals surface area contributed by atoms with E-state index in [4.69, 9.17) is 9.47 Å². The molecule has 2 rings (SSSR count). The Kier molecular flexibility index (Phi) is 6.62. The highest BCUT2D eigenvalue weighted by Gasteiger charge is 2.30. The van der Waals surface area contributed by atoms with E-state index in [2.05, 4.69) is 5.32 Å². The molecule has 0 radical (unpaired) electrons. The van der Waals surface area contributed by atoms with Gasteiger partial charge in [0.25, 0.3) is 0 Å². The number of alkyl halides is 3. The first-order chi connectivity index (χ1) is 13.5. The van der Waals surface area contributed by atoms with Crippen molar-refractivity contribution in [3.63, 3.8) is 0 Å². The second-order valence-corrected chi connectivity index (χ2v) is 7.84. The maximum absolute atomic E-state index is 12.6. The van der Waals surface area contributed by atoms with Gasteiger partial charge in [-0.2, -0.15) is 13.2 Å². The number of rotatable bonds is 7. The molecule has 0 fully saturated rings. The van der Waals surface area contributed by atoms with Crippen LogP contribution in [0.4, 0.5) is 24.5 Å². The molecule has 2 aromatic rings. The molecule has 29 heavy (non-hydrogen) atoms. The minimum atomic E-state index is -4.50. The van der Waals surface area contributed by atoms with E-state index in [9.17, 15) is 26.4 Å². The number of anilines is 2. The largest absolute Gasteiger partial charge is 0.497 e. The molecule has 0 aliphatic rings. The lowest BCUT2D eigenvalue weighted by atomic mass is 10.2. The maximum atomic E-state index is 12.6. The van der Waals surface area contributed by atoms with Gasteiger partial charge in [-0.15, -0.1) is 0 Å². The van der Waals surface area contributed by atoms with Gasteiger partial charge in [-0.3, -0.25) is 9.10 Å². The van der Waals surface area contributed by atoms with Gasteiger partial charge in [0.15, 0.2) is 0 Å². The zero-order valence-electron chi connectivity index (χ0n) is 15.8. The molecule has 0 bridgehead atoms. The fourth-order valence-corrected chi connectivity index (χ4v) is 3.30. The van der Waals surface area contributed by atoms with Gasteiger partial charge in [-0.25, -0.2) is 8.42 Å². The van der Waals surface area contributed by atoms with Crippen molar-refractivity contribution in [2.75, 3.05) is 36.6 Å². The average molecular weight is 432 g/mol. The number of amides is 1. The lowest BCUT2D eigenvalue weighted by Gasteiger charge is -2.24. The summed E-state index contributed by atoms with van der Waals surface area (Å²) < 4.78 is 73.5. The number of nitrogens with one attached hydrogen (secondary N) is 1. The van der Waals surface area contributed by atoms with Crippen LogP contribution in [0.2, 0.25) is 0 Å². The molecule has 158 valence electrons. The van der Waals surface area contributed by atoms with Gasteiger partial charge < -0.3 is 14.8 Å². The predicted octanol–water partition coefficient (Wildman–Crippen LogP) is 3.13. The zero-order valence-corrected chi connectivity index (χ0v) is 16.6. The van der Waals surface area contributed by atoms with Crippen LogP contribution in [-0.4, -0.2) is 41.3 Å². The molecule has 0 aromatic heterocycles. The SMILES string of the molecule is COc1ccc(OC)c(N(CC(=O)Nc2ccc(C(F)(F)F)cc2)S(C)(=O)=O)c1. The van der Waals surface area contributed by atoms with Gasteiger partial charge in [-0.1, -0.05) is 0 Å². The number of ether oxygens (including phenoxy) is 2. The lowest BCUT2D eigenvalue weighted by molar-refractivity contribution is -0.137. The normalized spacial score (nSPS) is 11.7. The van der Waals surface area contributed by atoms with Gasteiger partial charge >= 0.3 is 6.18 Å². The molecule has 2 aromatic carbocycles. The summed E-state index contributed by atoms with van der Waals surface area (Å²) in [5.74, 6) is -0.212. The van der Waals surface area contributed by atoms with Crippen molar-refractivity contribution in [1.82, 2.24) is 0 Å². The molecule has 0 atom stereocenters. The van der Waals surface area contributed by atoms with Crippen molar-refractivity contribution < 1.29 is 35.9 Å². The summed E-state index contributed by atoms with van der Waals surface area (Å²) in [5, 5.41) is 2.37. The third-order valence-corrected chi connectivity index (χ3v) is 4.96. The van der Waals surface area contributed by atoms with Crippen molar-refractivity contribution in [1.29, 1.82) is 0 Å². The van der Waals surface area contributed by atoms with Gasteiger partial charge in [0.05, 0.1) is 31.7 Å². The van der Waals surface area contributed by atoms with E-state index in [0.717, 1.165) is 34.8 Å². The molecule has 0 saturated carbocycles. The quantitative estimate of drug-likeness (QED) is 0.727. The van der Waals surface area contributed by atoms with E-state index in [0.29, 0.717) is 5.75 Å². The molecule has 0 spiro atoms. The minimum absolute atomic E-state index is 0.0805. The van der Waals surface area contributed by atoms with Gasteiger partial charge in [0.2, 0.25) is 15.9 Å². The summed E-state index contributed by atoms with van der Waals surface area (Å²) in [6.07, 6.45) is -3.59. The number of methoxy groups -OCH3 is 2. The second-order valence-electron chi connectivity index (χ2n) is 5.93. The van der Waals surface area contributed by atoms with E-state index in [-0.39, 0.29) is 17.1 Å². The number of nitrogens with zero attached hydrogens (tertiary/aromatic N) is 1. The molecule has 0 heterocycles. The van der Waals surface area contributed by atoms with E-state index in [1.807, 2.05) is 0 Å². The minimum Gasteiger partial charge on any atom is -0.497 e. The van der Waals surface area contributed by atoms with E-state index in [1.165, 1.54) is 26.4 Å². The monoisotopic (exact) mass is 432 g/mol. The number of carbonyl (C=O) groups excluding carboxylic acids is 1. The summed E-state index contributed by atoms with van der Waals surface area (Å²) in [6, 6.07) is 8.23. The number of carbonyl (C=O) groups is 1. The van der Waals surface area contributed by atoms with E-state index >= 15 is 0 Å². The smallest absolute Gasteiger partial charge is 0.416 e. The number of benzene rings is 2. The van der Waals surface area contributed by atoms with Crippen LogP contribution in [0.1, 0.15) is 5.56 Å². The third kappa shape index (κ3) is 5.76. The van der Waals surface area contributed by atoms with E-state index < -0.39 is 34.2 Å². The first-order valence-electron chi connectivity index (χ1n) is 8.12. The van der Waals surface area contributed by atoms with Crippen molar-refractivity contribution in [3.8, 4) is 11.5 Å². The van der Waals surface area contributed by atoms with E-state index in [1.54, 1.807) is 6.07 Å². The lowest BCUT2D eigenvalue weighted by Crippen LogP contribution is -2.37. The number of sulfonamides is 1. The fourth-order valence-electron chi connectivity index (χ4n) is 2.45. The Balaban J connectivity index is 2.27. The second kappa shape index (κ2) is 8.60. The molecule has 1 N–H and O–H groups in total. The third-order valence-electron chi connectivity index (χ3n) is 3.84. The molecule has 1 amide bonds. The predicted molar refractivity (Wildman–Crippen MR) is 102 cm³/mol. The molecular weight excluding hydrogens is 413 g/mol. The zero-order chi connectivity index (χ0) is 21.8. The van der Waals surface area contributed by atoms with Crippen molar-refractivity contribution in [2.45, 2.75) is 6.18 Å². The van der Waals surface area contributed by atoms with Crippen LogP contribution >= 0.6 is 0 Å². The summed E-state index contributed by atoms with van der Waals surface area (Å²) in [4.78, 5) is 12.4. The Morgan fingerprint density at radius 3 is 2.17 bits per heavy atom. The molecule has 0 saturated heterocycles. The van der Waals surface area contributed by atoms with Crippen LogP contribution in [0, 0.1) is 0 Å². The molecule has 0 aliphatic carbocycles. The van der Waals surface area contributed by atoms with Crippen LogP contribution in [0.5, 0.6) is 11.5 Å². The summed E-state index contributed by atoms with van der Waals surface area (Å²) in [6.45, 7) is -0.622. The Labute approximate surface area is 166 Å². The number of hydrogen-bond acceptors (Lipinski definition) is 5. The Morgan fingerprint density at radius 1 is 1.07 bits per heavy atom. The summed E-state index contributed by atoms with van der Waals surface area (Å²) >= 11 is 0. The van der Waals surface area contributed by atoms with Crippen molar-refractivity contribution >= 4 is 27.3 Å². The van der Waals surface area contributed by atoms with Gasteiger partial charge in [0, 0.05) is 11.8 Å². The molecule has 11 heteroatoms.